The van der Waals surface area contributed by atoms with Crippen molar-refractivity contribution in [2.45, 2.75) is 45.4 Å². The van der Waals surface area contributed by atoms with E-state index in [9.17, 15) is 0 Å². The average molecular weight is 258 g/mol. The van der Waals surface area contributed by atoms with Crippen LogP contribution in [0, 0.1) is 6.92 Å². The van der Waals surface area contributed by atoms with Gasteiger partial charge < -0.3 is 9.80 Å². The number of aryl methyl sites for hydroxylation is 1. The molecular weight excluding hydrogens is 232 g/mol. The van der Waals surface area contributed by atoms with Gasteiger partial charge in [-0.05, 0) is 50.3 Å². The van der Waals surface area contributed by atoms with Gasteiger partial charge >= 0.3 is 0 Å². The second kappa shape index (κ2) is 5.85. The van der Waals surface area contributed by atoms with E-state index in [1.165, 1.54) is 81.6 Å². The van der Waals surface area contributed by atoms with Crippen LogP contribution in [0.15, 0.2) is 18.2 Å². The predicted octanol–water partition coefficient (Wildman–Crippen LogP) is 3.98. The lowest BCUT2D eigenvalue weighted by Crippen LogP contribution is -2.27. The number of benzene rings is 1. The second-order valence-corrected chi connectivity index (χ2v) is 6.09. The Kier molecular flexibility index (Phi) is 3.95. The number of rotatable bonds is 2. The Hall–Kier alpha value is -1.18. The Labute approximate surface area is 117 Å². The van der Waals surface area contributed by atoms with Crippen molar-refractivity contribution in [3.63, 3.8) is 0 Å². The fourth-order valence-corrected chi connectivity index (χ4v) is 3.42. The molecule has 2 heteroatoms. The summed E-state index contributed by atoms with van der Waals surface area (Å²) >= 11 is 0. The molecule has 2 aliphatic heterocycles. The maximum Gasteiger partial charge on any atom is 0.0606 e. The third-order valence-corrected chi connectivity index (χ3v) is 4.52. The van der Waals surface area contributed by atoms with Gasteiger partial charge in [-0.25, -0.2) is 0 Å². The molecule has 0 aromatic heterocycles. The van der Waals surface area contributed by atoms with Crippen molar-refractivity contribution in [2.24, 2.45) is 0 Å². The van der Waals surface area contributed by atoms with Gasteiger partial charge in [0.05, 0.1) is 11.4 Å². The van der Waals surface area contributed by atoms with Crippen LogP contribution in [0.1, 0.15) is 44.1 Å². The van der Waals surface area contributed by atoms with E-state index in [-0.39, 0.29) is 0 Å². The molecular formula is C17H26N2. The molecule has 0 saturated carbocycles. The third-order valence-electron chi connectivity index (χ3n) is 4.52. The summed E-state index contributed by atoms with van der Waals surface area (Å²) in [5.74, 6) is 0. The van der Waals surface area contributed by atoms with Crippen LogP contribution in [0.2, 0.25) is 0 Å². The summed E-state index contributed by atoms with van der Waals surface area (Å²) in [6.45, 7) is 7.17. The molecule has 2 aliphatic rings. The lowest BCUT2D eigenvalue weighted by atomic mass is 10.1. The van der Waals surface area contributed by atoms with Crippen molar-refractivity contribution >= 4 is 11.4 Å². The smallest absolute Gasteiger partial charge is 0.0606 e. The van der Waals surface area contributed by atoms with Gasteiger partial charge in [0.2, 0.25) is 0 Å². The van der Waals surface area contributed by atoms with Crippen LogP contribution < -0.4 is 9.80 Å². The van der Waals surface area contributed by atoms with E-state index in [1.54, 1.807) is 0 Å². The molecule has 3 rings (SSSR count). The largest absolute Gasteiger partial charge is 0.370 e. The van der Waals surface area contributed by atoms with Gasteiger partial charge in [-0.3, -0.25) is 0 Å². The molecule has 104 valence electrons. The number of hydrogen-bond donors (Lipinski definition) is 0. The van der Waals surface area contributed by atoms with E-state index in [4.69, 9.17) is 0 Å². The second-order valence-electron chi connectivity index (χ2n) is 6.09. The zero-order valence-corrected chi connectivity index (χ0v) is 12.2. The minimum Gasteiger partial charge on any atom is -0.370 e. The van der Waals surface area contributed by atoms with Gasteiger partial charge in [0.1, 0.15) is 0 Å². The average Bonchev–Trinajstić information content (AvgIpc) is 2.82. The summed E-state index contributed by atoms with van der Waals surface area (Å²) < 4.78 is 0. The highest BCUT2D eigenvalue weighted by molar-refractivity contribution is 5.72. The Morgan fingerprint density at radius 3 is 1.84 bits per heavy atom. The van der Waals surface area contributed by atoms with E-state index in [0.717, 1.165) is 0 Å². The first-order chi connectivity index (χ1) is 9.34. The molecule has 0 unspecified atom stereocenters. The van der Waals surface area contributed by atoms with Crippen molar-refractivity contribution in [2.75, 3.05) is 36.0 Å². The molecule has 0 atom stereocenters. The predicted molar refractivity (Wildman–Crippen MR) is 83.3 cm³/mol. The van der Waals surface area contributed by atoms with Gasteiger partial charge in [-0.15, -0.1) is 0 Å². The maximum absolute atomic E-state index is 2.63. The van der Waals surface area contributed by atoms with Crippen molar-refractivity contribution in [3.8, 4) is 0 Å². The highest BCUT2D eigenvalue weighted by atomic mass is 15.2. The van der Waals surface area contributed by atoms with Crippen LogP contribution in [0.3, 0.4) is 0 Å². The molecule has 2 fully saturated rings. The van der Waals surface area contributed by atoms with Gasteiger partial charge in [-0.2, -0.15) is 0 Å². The summed E-state index contributed by atoms with van der Waals surface area (Å²) in [6.07, 6.45) is 8.23. The normalized spacial score (nSPS) is 20.7. The lowest BCUT2D eigenvalue weighted by Gasteiger charge is -2.30. The Morgan fingerprint density at radius 1 is 0.684 bits per heavy atom. The summed E-state index contributed by atoms with van der Waals surface area (Å²) in [6, 6.07) is 7.03. The van der Waals surface area contributed by atoms with Crippen molar-refractivity contribution < 1.29 is 0 Å². The summed E-state index contributed by atoms with van der Waals surface area (Å²) in [5.41, 5.74) is 4.36. The minimum atomic E-state index is 1.24. The van der Waals surface area contributed by atoms with Crippen molar-refractivity contribution in [1.29, 1.82) is 0 Å². The molecule has 2 nitrogen and oxygen atoms in total. The summed E-state index contributed by atoms with van der Waals surface area (Å²) in [4.78, 5) is 5.22. The minimum absolute atomic E-state index is 1.24. The van der Waals surface area contributed by atoms with Crippen molar-refractivity contribution in [3.05, 3.63) is 23.8 Å². The molecule has 0 N–H and O–H groups in total. The van der Waals surface area contributed by atoms with Gasteiger partial charge in [0.15, 0.2) is 0 Å². The fourth-order valence-electron chi connectivity index (χ4n) is 3.42. The SMILES string of the molecule is Cc1ccc(N2CCCCCC2)c(N2CCCC2)c1. The topological polar surface area (TPSA) is 6.48 Å². The highest BCUT2D eigenvalue weighted by Crippen LogP contribution is 2.34. The summed E-state index contributed by atoms with van der Waals surface area (Å²) in [7, 11) is 0. The van der Waals surface area contributed by atoms with E-state index in [2.05, 4.69) is 34.9 Å². The van der Waals surface area contributed by atoms with E-state index in [1.807, 2.05) is 0 Å². The van der Waals surface area contributed by atoms with Crippen LogP contribution in [-0.4, -0.2) is 26.2 Å². The first-order valence-electron chi connectivity index (χ1n) is 7.95. The molecule has 0 bridgehead atoms. The van der Waals surface area contributed by atoms with Crippen LogP contribution in [-0.2, 0) is 0 Å². The zero-order chi connectivity index (χ0) is 13.1. The van der Waals surface area contributed by atoms with Crippen LogP contribution in [0.4, 0.5) is 11.4 Å². The molecule has 0 spiro atoms. The standard InChI is InChI=1S/C17H26N2/c1-15-8-9-16(18-10-4-2-3-5-11-18)17(14-15)19-12-6-7-13-19/h8-9,14H,2-7,10-13H2,1H3. The van der Waals surface area contributed by atoms with Crippen LogP contribution in [0.5, 0.6) is 0 Å². The van der Waals surface area contributed by atoms with Crippen LogP contribution in [0.25, 0.3) is 0 Å². The molecule has 0 radical (unpaired) electrons. The molecule has 0 aliphatic carbocycles. The van der Waals surface area contributed by atoms with E-state index < -0.39 is 0 Å². The number of nitrogens with zero attached hydrogens (tertiary/aromatic N) is 2. The summed E-state index contributed by atoms with van der Waals surface area (Å²) in [5, 5.41) is 0. The van der Waals surface area contributed by atoms with E-state index in [0.29, 0.717) is 0 Å². The van der Waals surface area contributed by atoms with Gasteiger partial charge in [-0.1, -0.05) is 18.9 Å². The van der Waals surface area contributed by atoms with E-state index >= 15 is 0 Å². The fraction of sp³-hybridized carbons (Fsp3) is 0.647. The number of hydrogen-bond acceptors (Lipinski definition) is 2. The highest BCUT2D eigenvalue weighted by Gasteiger charge is 2.19. The molecule has 1 aromatic rings. The van der Waals surface area contributed by atoms with Crippen molar-refractivity contribution in [1.82, 2.24) is 0 Å². The number of anilines is 2. The molecule has 19 heavy (non-hydrogen) atoms. The maximum atomic E-state index is 2.63. The Morgan fingerprint density at radius 2 is 1.21 bits per heavy atom. The monoisotopic (exact) mass is 258 g/mol. The Balaban J connectivity index is 1.89. The Bertz CT molecular complexity index is 413. The third kappa shape index (κ3) is 2.88. The quantitative estimate of drug-likeness (QED) is 0.792. The molecule has 2 saturated heterocycles. The van der Waals surface area contributed by atoms with Gasteiger partial charge in [0, 0.05) is 26.2 Å². The lowest BCUT2D eigenvalue weighted by molar-refractivity contribution is 0.726. The first-order valence-corrected chi connectivity index (χ1v) is 7.95. The first kappa shape index (κ1) is 12.8. The molecule has 2 heterocycles. The van der Waals surface area contributed by atoms with Crippen LogP contribution >= 0.6 is 0 Å². The molecule has 0 amide bonds. The molecule has 1 aromatic carbocycles. The van der Waals surface area contributed by atoms with Gasteiger partial charge in [0.25, 0.3) is 0 Å². The zero-order valence-electron chi connectivity index (χ0n) is 12.2.